The summed E-state index contributed by atoms with van der Waals surface area (Å²) in [4.78, 5) is 28.6. The van der Waals surface area contributed by atoms with Crippen molar-refractivity contribution in [3.05, 3.63) is 0 Å². The zero-order valence-electron chi connectivity index (χ0n) is 6.88. The predicted octanol–water partition coefficient (Wildman–Crippen LogP) is 0.253. The van der Waals surface area contributed by atoms with Gasteiger partial charge in [0.05, 0.1) is 0 Å². The number of carboxylic acids is 1. The Labute approximate surface area is 77.7 Å². The van der Waals surface area contributed by atoms with E-state index in [1.54, 1.807) is 0 Å². The molecule has 0 aromatic carbocycles. The van der Waals surface area contributed by atoms with Gasteiger partial charge >= 0.3 is 0 Å². The maximum atomic E-state index is 9.79. The molecule has 0 spiro atoms. The summed E-state index contributed by atoms with van der Waals surface area (Å²) in [5.74, 6) is -1.59. The third-order valence-corrected chi connectivity index (χ3v) is 0.496. The van der Waals surface area contributed by atoms with Crippen LogP contribution >= 0.6 is 0 Å². The molecule has 0 radical (unpaired) electrons. The molecule has 0 saturated carbocycles. The van der Waals surface area contributed by atoms with Crippen molar-refractivity contribution in [3.8, 4) is 0 Å². The number of carbonyl (C=O) groups excluding carboxylic acids is 2. The Kier molecular flexibility index (Phi) is 14.4. The second-order valence-corrected chi connectivity index (χ2v) is 1.63. The van der Waals surface area contributed by atoms with Crippen molar-refractivity contribution in [1.29, 1.82) is 0 Å². The van der Waals surface area contributed by atoms with Crippen molar-refractivity contribution in [1.82, 2.24) is 0 Å². The molecule has 0 aliphatic carbocycles. The molecule has 0 aromatic rings. The van der Waals surface area contributed by atoms with E-state index in [2.05, 4.69) is 0 Å². The molecule has 0 atom stereocenters. The zero-order chi connectivity index (χ0) is 8.73. The van der Waals surface area contributed by atoms with Gasteiger partial charge in [0.2, 0.25) is 0 Å². The Morgan fingerprint density at radius 1 is 0.909 bits per heavy atom. The third-order valence-electron chi connectivity index (χ3n) is 0.496. The van der Waals surface area contributed by atoms with Crippen LogP contribution in [0.1, 0.15) is 20.8 Å². The van der Waals surface area contributed by atoms with Gasteiger partial charge in [-0.2, -0.15) is 0 Å². The van der Waals surface area contributed by atoms with Crippen LogP contribution in [0.25, 0.3) is 0 Å². The predicted molar refractivity (Wildman–Crippen MR) is 34.7 cm³/mol. The van der Waals surface area contributed by atoms with E-state index >= 15 is 0 Å². The molecule has 0 unspecified atom stereocenters. The summed E-state index contributed by atoms with van der Waals surface area (Å²) in [6.07, 6.45) is 0. The van der Waals surface area contributed by atoms with Crippen LogP contribution in [-0.4, -0.2) is 22.6 Å². The number of aliphatic carboxylic acids is 1. The van der Waals surface area contributed by atoms with Gasteiger partial charge in [-0.3, -0.25) is 14.4 Å². The summed E-state index contributed by atoms with van der Waals surface area (Å²) < 4.78 is 0. The first kappa shape index (κ1) is 16.8. The number of rotatable bonds is 1. The molecule has 0 aliphatic heterocycles. The van der Waals surface area contributed by atoms with Crippen molar-refractivity contribution in [2.45, 2.75) is 20.8 Å². The van der Waals surface area contributed by atoms with Gasteiger partial charge in [-0.1, -0.05) is 0 Å². The first-order chi connectivity index (χ1) is 4.37. The average molecular weight is 212 g/mol. The second-order valence-electron chi connectivity index (χ2n) is 1.63. The summed E-state index contributed by atoms with van der Waals surface area (Å²) in [5.41, 5.74) is 0. The monoisotopic (exact) mass is 210 g/mol. The van der Waals surface area contributed by atoms with Gasteiger partial charge < -0.3 is 5.11 Å². The first-order valence-corrected chi connectivity index (χ1v) is 2.59. The van der Waals surface area contributed by atoms with Crippen LogP contribution < -0.4 is 0 Å². The van der Waals surface area contributed by atoms with Gasteiger partial charge in [-0.15, -0.1) is 0 Å². The molecule has 0 saturated heterocycles. The summed E-state index contributed by atoms with van der Waals surface area (Å²) in [5, 5.41) is 7.42. The quantitative estimate of drug-likeness (QED) is 0.499. The minimum atomic E-state index is -0.833. The van der Waals surface area contributed by atoms with E-state index in [9.17, 15) is 9.59 Å². The zero-order valence-corrected chi connectivity index (χ0v) is 9.85. The molecule has 0 amide bonds. The van der Waals surface area contributed by atoms with Crippen molar-refractivity contribution in [2.75, 3.05) is 0 Å². The number of Topliss-reactive ketones (excluding diaryl/α,β-unsaturated/α-hetero) is 2. The summed E-state index contributed by atoms with van der Waals surface area (Å²) in [6, 6.07) is 0. The molecule has 0 rings (SSSR count). The largest absolute Gasteiger partial charge is 0.481 e. The van der Waals surface area contributed by atoms with E-state index in [1.165, 1.54) is 13.8 Å². The Morgan fingerprint density at radius 3 is 1.00 bits per heavy atom. The fourth-order valence-corrected chi connectivity index (χ4v) is 0. The van der Waals surface area contributed by atoms with Gasteiger partial charge in [0.15, 0.2) is 11.6 Å². The van der Waals surface area contributed by atoms with E-state index in [1.807, 2.05) is 0 Å². The molecule has 0 bridgehead atoms. The average Bonchev–Trinajstić information content (AvgIpc) is 1.63. The molecule has 5 heteroatoms. The molecule has 0 fully saturated rings. The number of carboxylic acid groups (broad SMARTS) is 1. The van der Waals surface area contributed by atoms with Gasteiger partial charge in [0.25, 0.3) is 5.97 Å². The van der Waals surface area contributed by atoms with Crippen LogP contribution in [-0.2, 0) is 33.9 Å². The van der Waals surface area contributed by atoms with Crippen molar-refractivity contribution in [2.24, 2.45) is 0 Å². The molecule has 60 valence electrons. The van der Waals surface area contributed by atoms with Crippen molar-refractivity contribution >= 4 is 17.5 Å². The summed E-state index contributed by atoms with van der Waals surface area (Å²) in [6.45, 7) is 3.59. The van der Waals surface area contributed by atoms with E-state index < -0.39 is 5.97 Å². The van der Waals surface area contributed by atoms with Gasteiger partial charge in [-0.05, 0) is 0 Å². The molecule has 0 aliphatic rings. The standard InChI is InChI=1S/C4H6O2.C2H4O2.Zn/c1-3(5)4(2)6;1-2(3)4;/h1-2H3;1H3,(H,3,4);. The minimum Gasteiger partial charge on any atom is -0.481 e. The summed E-state index contributed by atoms with van der Waals surface area (Å²) >= 11 is 0. The Morgan fingerprint density at radius 2 is 1.00 bits per heavy atom. The number of hydrogen-bond donors (Lipinski definition) is 1. The fraction of sp³-hybridized carbons (Fsp3) is 0.500. The molecular weight excluding hydrogens is 201 g/mol. The molecule has 11 heavy (non-hydrogen) atoms. The molecule has 4 nitrogen and oxygen atoms in total. The normalized spacial score (nSPS) is 6.45. The van der Waals surface area contributed by atoms with Gasteiger partial charge in [0.1, 0.15) is 0 Å². The maximum Gasteiger partial charge on any atom is 0.300 e. The van der Waals surface area contributed by atoms with Crippen LogP contribution in [0.4, 0.5) is 0 Å². The number of hydrogen-bond acceptors (Lipinski definition) is 3. The van der Waals surface area contributed by atoms with E-state index in [0.717, 1.165) is 6.92 Å². The van der Waals surface area contributed by atoms with Crippen LogP contribution in [0.15, 0.2) is 0 Å². The molecular formula is C6H10O4Zn. The SMILES string of the molecule is CC(=O)C(C)=O.CC(=O)O.[Zn]. The maximum absolute atomic E-state index is 9.79. The second kappa shape index (κ2) is 9.43. The Balaban J connectivity index is -0.000000114. The van der Waals surface area contributed by atoms with Crippen LogP contribution in [0, 0.1) is 0 Å². The molecule has 1 N–H and O–H groups in total. The molecule has 0 aromatic heterocycles. The van der Waals surface area contributed by atoms with Crippen LogP contribution in [0.2, 0.25) is 0 Å². The van der Waals surface area contributed by atoms with Crippen molar-refractivity contribution in [3.63, 3.8) is 0 Å². The minimum absolute atomic E-state index is 0. The fourth-order valence-electron chi connectivity index (χ4n) is 0. The van der Waals surface area contributed by atoms with Gasteiger partial charge in [0, 0.05) is 40.2 Å². The smallest absolute Gasteiger partial charge is 0.300 e. The Bertz CT molecular complexity index is 137. The summed E-state index contributed by atoms with van der Waals surface area (Å²) in [7, 11) is 0. The third kappa shape index (κ3) is 44.2. The van der Waals surface area contributed by atoms with Crippen molar-refractivity contribution < 1.29 is 39.0 Å². The molecule has 0 heterocycles. The van der Waals surface area contributed by atoms with E-state index in [0.29, 0.717) is 0 Å². The Hall–Kier alpha value is -0.567. The van der Waals surface area contributed by atoms with Crippen LogP contribution in [0.3, 0.4) is 0 Å². The van der Waals surface area contributed by atoms with Gasteiger partial charge in [-0.25, -0.2) is 0 Å². The van der Waals surface area contributed by atoms with E-state index in [4.69, 9.17) is 9.90 Å². The van der Waals surface area contributed by atoms with E-state index in [-0.39, 0.29) is 31.0 Å². The number of carbonyl (C=O) groups is 3. The first-order valence-electron chi connectivity index (χ1n) is 2.59. The number of ketones is 2. The topological polar surface area (TPSA) is 71.4 Å². The van der Waals surface area contributed by atoms with Crippen LogP contribution in [0.5, 0.6) is 0 Å².